The number of carbonyl (C=O) groups is 1. The summed E-state index contributed by atoms with van der Waals surface area (Å²) < 4.78 is 7.83. The molecular formula is C17H15BrN2O2. The quantitative estimate of drug-likeness (QED) is 0.513. The summed E-state index contributed by atoms with van der Waals surface area (Å²) in [4.78, 5) is 16.8. The number of fused-ring (bicyclic) bond motifs is 1. The van der Waals surface area contributed by atoms with Crippen LogP contribution in [0.5, 0.6) is 5.75 Å². The van der Waals surface area contributed by atoms with Crippen LogP contribution >= 0.6 is 15.9 Å². The first-order chi connectivity index (χ1) is 10.6. The van der Waals surface area contributed by atoms with Crippen molar-refractivity contribution in [1.82, 2.24) is 9.38 Å². The van der Waals surface area contributed by atoms with E-state index in [-0.39, 0.29) is 5.69 Å². The van der Waals surface area contributed by atoms with E-state index in [4.69, 9.17) is 4.74 Å². The highest BCUT2D eigenvalue weighted by molar-refractivity contribution is 9.10. The molecule has 3 rings (SSSR count). The van der Waals surface area contributed by atoms with E-state index in [0.29, 0.717) is 16.3 Å². The summed E-state index contributed by atoms with van der Waals surface area (Å²) in [5.41, 5.74) is 2.13. The lowest BCUT2D eigenvalue weighted by atomic mass is 10.1. The molecule has 112 valence electrons. The Bertz CT molecular complexity index is 825. The van der Waals surface area contributed by atoms with E-state index in [1.54, 1.807) is 12.1 Å². The van der Waals surface area contributed by atoms with Crippen molar-refractivity contribution in [3.05, 3.63) is 64.5 Å². The molecule has 0 aliphatic heterocycles. The summed E-state index contributed by atoms with van der Waals surface area (Å²) in [5.74, 6) is 0.341. The number of para-hydroxylation sites is 1. The van der Waals surface area contributed by atoms with Crippen LogP contribution in [0.25, 0.3) is 5.65 Å². The van der Waals surface area contributed by atoms with Gasteiger partial charge in [-0.2, -0.15) is 0 Å². The van der Waals surface area contributed by atoms with Crippen LogP contribution in [0.2, 0.25) is 0 Å². The number of esters is 1. The van der Waals surface area contributed by atoms with Crippen molar-refractivity contribution in [3.8, 4) is 5.75 Å². The molecule has 0 aliphatic carbocycles. The second kappa shape index (κ2) is 5.93. The van der Waals surface area contributed by atoms with Gasteiger partial charge < -0.3 is 4.74 Å². The first-order valence-corrected chi connectivity index (χ1v) is 7.81. The molecule has 1 aromatic carbocycles. The summed E-state index contributed by atoms with van der Waals surface area (Å²) in [6.45, 7) is 4.19. The number of rotatable bonds is 3. The van der Waals surface area contributed by atoms with Gasteiger partial charge in [0.25, 0.3) is 0 Å². The molecule has 5 heteroatoms. The molecule has 0 aliphatic rings. The van der Waals surface area contributed by atoms with E-state index in [1.165, 1.54) is 0 Å². The number of nitrogens with zero attached hydrogens (tertiary/aromatic N) is 2. The number of hydrogen-bond donors (Lipinski definition) is 0. The van der Waals surface area contributed by atoms with Gasteiger partial charge >= 0.3 is 5.97 Å². The van der Waals surface area contributed by atoms with E-state index < -0.39 is 5.97 Å². The van der Waals surface area contributed by atoms with E-state index in [9.17, 15) is 4.79 Å². The van der Waals surface area contributed by atoms with Crippen molar-refractivity contribution in [2.75, 3.05) is 0 Å². The SMILES string of the molecule is CC(C)c1cccn2c(Br)c(C(=O)Oc3ccccc3)nc12. The summed E-state index contributed by atoms with van der Waals surface area (Å²) in [5, 5.41) is 0. The molecule has 3 aromatic rings. The number of hydrogen-bond acceptors (Lipinski definition) is 3. The number of benzene rings is 1. The molecule has 2 aromatic heterocycles. The molecule has 4 nitrogen and oxygen atoms in total. The normalized spacial score (nSPS) is 11.1. The van der Waals surface area contributed by atoms with Gasteiger partial charge in [0, 0.05) is 6.20 Å². The van der Waals surface area contributed by atoms with Crippen molar-refractivity contribution in [1.29, 1.82) is 0 Å². The van der Waals surface area contributed by atoms with Gasteiger partial charge in [-0.25, -0.2) is 9.78 Å². The summed E-state index contributed by atoms with van der Waals surface area (Å²) in [6.07, 6.45) is 1.87. The third-order valence-corrected chi connectivity index (χ3v) is 4.15. The van der Waals surface area contributed by atoms with E-state index in [2.05, 4.69) is 34.8 Å². The van der Waals surface area contributed by atoms with Crippen molar-refractivity contribution in [3.63, 3.8) is 0 Å². The second-order valence-corrected chi connectivity index (χ2v) is 6.02. The Hall–Kier alpha value is -2.14. The fourth-order valence-corrected chi connectivity index (χ4v) is 2.82. The van der Waals surface area contributed by atoms with E-state index in [0.717, 1.165) is 11.2 Å². The molecule has 0 spiro atoms. The Morgan fingerprint density at radius 3 is 2.59 bits per heavy atom. The zero-order valence-corrected chi connectivity index (χ0v) is 13.9. The second-order valence-electron chi connectivity index (χ2n) is 5.27. The van der Waals surface area contributed by atoms with E-state index >= 15 is 0 Å². The zero-order chi connectivity index (χ0) is 15.7. The summed E-state index contributed by atoms with van der Waals surface area (Å²) >= 11 is 3.45. The number of carbonyl (C=O) groups excluding carboxylic acids is 1. The maximum Gasteiger partial charge on any atom is 0.365 e. The molecule has 22 heavy (non-hydrogen) atoms. The van der Waals surface area contributed by atoms with Gasteiger partial charge in [-0.3, -0.25) is 4.40 Å². The molecule has 0 saturated heterocycles. The maximum absolute atomic E-state index is 12.4. The Kier molecular flexibility index (Phi) is 3.98. The van der Waals surface area contributed by atoms with Crippen LogP contribution in [0.1, 0.15) is 35.8 Å². The Morgan fingerprint density at radius 1 is 1.18 bits per heavy atom. The number of imidazole rings is 1. The fourth-order valence-electron chi connectivity index (χ4n) is 2.28. The monoisotopic (exact) mass is 358 g/mol. The largest absolute Gasteiger partial charge is 0.422 e. The molecule has 0 N–H and O–H groups in total. The van der Waals surface area contributed by atoms with E-state index in [1.807, 2.05) is 40.9 Å². The molecular weight excluding hydrogens is 344 g/mol. The lowest BCUT2D eigenvalue weighted by Crippen LogP contribution is -2.09. The molecule has 0 radical (unpaired) electrons. The minimum Gasteiger partial charge on any atom is -0.422 e. The molecule has 2 heterocycles. The minimum atomic E-state index is -0.475. The topological polar surface area (TPSA) is 43.6 Å². The van der Waals surface area contributed by atoms with Crippen LogP contribution in [-0.4, -0.2) is 15.4 Å². The highest BCUT2D eigenvalue weighted by Crippen LogP contribution is 2.26. The first kappa shape index (κ1) is 14.8. The van der Waals surface area contributed by atoms with Crippen molar-refractivity contribution in [2.45, 2.75) is 19.8 Å². The fraction of sp³-hybridized carbons (Fsp3) is 0.176. The van der Waals surface area contributed by atoms with Crippen LogP contribution in [0.3, 0.4) is 0 Å². The lowest BCUT2D eigenvalue weighted by molar-refractivity contribution is 0.0728. The summed E-state index contributed by atoms with van der Waals surface area (Å²) in [6, 6.07) is 12.9. The maximum atomic E-state index is 12.4. The average Bonchev–Trinajstić information content (AvgIpc) is 2.85. The van der Waals surface area contributed by atoms with Gasteiger partial charge in [-0.1, -0.05) is 38.1 Å². The third kappa shape index (κ3) is 2.64. The van der Waals surface area contributed by atoms with Gasteiger partial charge in [0.2, 0.25) is 0 Å². The minimum absolute atomic E-state index is 0.275. The highest BCUT2D eigenvalue weighted by atomic mass is 79.9. The molecule has 0 atom stereocenters. The Balaban J connectivity index is 2.02. The van der Waals surface area contributed by atoms with Crippen LogP contribution < -0.4 is 4.74 Å². The molecule has 0 amide bonds. The third-order valence-electron chi connectivity index (χ3n) is 3.39. The molecule has 0 bridgehead atoms. The first-order valence-electron chi connectivity index (χ1n) is 7.01. The Morgan fingerprint density at radius 2 is 1.91 bits per heavy atom. The standard InChI is InChI=1S/C17H15BrN2O2/c1-11(2)13-9-6-10-20-15(18)14(19-16(13)20)17(21)22-12-7-4-3-5-8-12/h3-11H,1-2H3. The Labute approximate surface area is 136 Å². The number of ether oxygens (including phenoxy) is 1. The van der Waals surface area contributed by atoms with Crippen LogP contribution in [0, 0.1) is 0 Å². The van der Waals surface area contributed by atoms with Crippen LogP contribution in [0.15, 0.2) is 53.3 Å². The number of pyridine rings is 1. The number of halogens is 1. The predicted molar refractivity (Wildman–Crippen MR) is 88.4 cm³/mol. The zero-order valence-electron chi connectivity index (χ0n) is 12.3. The molecule has 0 fully saturated rings. The molecule has 0 saturated carbocycles. The van der Waals surface area contributed by atoms with Crippen molar-refractivity contribution < 1.29 is 9.53 Å². The van der Waals surface area contributed by atoms with Crippen molar-refractivity contribution >= 4 is 27.5 Å². The van der Waals surface area contributed by atoms with Gasteiger partial charge in [0.15, 0.2) is 5.69 Å². The van der Waals surface area contributed by atoms with Gasteiger partial charge in [-0.15, -0.1) is 0 Å². The predicted octanol–water partition coefficient (Wildman–Crippen LogP) is 4.44. The average molecular weight is 359 g/mol. The lowest BCUT2D eigenvalue weighted by Gasteiger charge is -2.06. The van der Waals surface area contributed by atoms with Gasteiger partial charge in [0.1, 0.15) is 16.0 Å². The van der Waals surface area contributed by atoms with Crippen molar-refractivity contribution in [2.24, 2.45) is 0 Å². The highest BCUT2D eigenvalue weighted by Gasteiger charge is 2.21. The summed E-state index contributed by atoms with van der Waals surface area (Å²) in [7, 11) is 0. The smallest absolute Gasteiger partial charge is 0.365 e. The molecule has 0 unspecified atom stereocenters. The van der Waals surface area contributed by atoms with Gasteiger partial charge in [0.05, 0.1) is 0 Å². The van der Waals surface area contributed by atoms with Gasteiger partial charge in [-0.05, 0) is 45.6 Å². The van der Waals surface area contributed by atoms with Crippen LogP contribution in [-0.2, 0) is 0 Å². The number of aromatic nitrogens is 2. The van der Waals surface area contributed by atoms with Crippen LogP contribution in [0.4, 0.5) is 0 Å².